The Bertz CT molecular complexity index is 1190. The second-order valence-electron chi connectivity index (χ2n) is 8.86. The molecule has 34 heavy (non-hydrogen) atoms. The van der Waals surface area contributed by atoms with Crippen molar-refractivity contribution in [3.05, 3.63) is 64.0 Å². The van der Waals surface area contributed by atoms with Crippen LogP contribution in [0.4, 0.5) is 0 Å². The Morgan fingerprint density at radius 3 is 2.68 bits per heavy atom. The normalized spacial score (nSPS) is 18.4. The molecule has 0 fully saturated rings. The maximum atomic E-state index is 13.0. The molecular weight excluding hydrogens is 422 g/mol. The van der Waals surface area contributed by atoms with Gasteiger partial charge in [0.1, 0.15) is 6.54 Å². The fraction of sp³-hybridized carbons (Fsp3) is 0.414. The standard InChI is InChI=1S/C29H35N3O2/c1-7-24-11-9-10-23(13-15-28(24)30-22(5)34-6)17-27(33)19-32-26(8-2)18-29(31-32)25-14-12-20(3)21(4)16-25/h1,12,14,16-18H,8-11,13,15,19H2,2-6H3/b23-17+,28-24+,30-22?. The highest BCUT2D eigenvalue weighted by Crippen LogP contribution is 2.27. The number of terminal acetylenes is 1. The van der Waals surface area contributed by atoms with E-state index in [9.17, 15) is 4.79 Å². The van der Waals surface area contributed by atoms with Crippen LogP contribution in [0.2, 0.25) is 0 Å². The van der Waals surface area contributed by atoms with Crippen molar-refractivity contribution in [1.82, 2.24) is 9.78 Å². The zero-order valence-electron chi connectivity index (χ0n) is 21.1. The molecule has 1 aliphatic rings. The molecule has 3 rings (SSSR count). The molecule has 0 atom stereocenters. The number of aryl methyl sites for hydroxylation is 3. The van der Waals surface area contributed by atoms with Crippen LogP contribution in [0.25, 0.3) is 11.3 Å². The number of nitrogens with zero attached hydrogens (tertiary/aromatic N) is 3. The number of carbonyl (C=O) groups is 1. The summed E-state index contributed by atoms with van der Waals surface area (Å²) in [5.74, 6) is 3.46. The van der Waals surface area contributed by atoms with Crippen LogP contribution in [-0.4, -0.2) is 28.6 Å². The Morgan fingerprint density at radius 1 is 1.21 bits per heavy atom. The first-order valence-electron chi connectivity index (χ1n) is 12.0. The quantitative estimate of drug-likeness (QED) is 0.227. The minimum Gasteiger partial charge on any atom is -0.484 e. The number of hydrogen-bond donors (Lipinski definition) is 0. The summed E-state index contributed by atoms with van der Waals surface area (Å²) in [5, 5.41) is 4.77. The minimum absolute atomic E-state index is 0.0688. The number of carbonyl (C=O) groups excluding carboxylic acids is 1. The van der Waals surface area contributed by atoms with E-state index in [1.165, 1.54) is 11.1 Å². The van der Waals surface area contributed by atoms with Crippen LogP contribution in [0, 0.1) is 26.2 Å². The highest BCUT2D eigenvalue weighted by atomic mass is 16.5. The molecule has 1 aromatic carbocycles. The number of methoxy groups -OCH3 is 1. The molecule has 1 aromatic heterocycles. The lowest BCUT2D eigenvalue weighted by molar-refractivity contribution is -0.115. The number of rotatable bonds is 6. The van der Waals surface area contributed by atoms with Gasteiger partial charge >= 0.3 is 0 Å². The number of hydrogen-bond acceptors (Lipinski definition) is 4. The zero-order chi connectivity index (χ0) is 24.7. The molecule has 0 bridgehead atoms. The summed E-state index contributed by atoms with van der Waals surface area (Å²) in [6, 6.07) is 8.46. The van der Waals surface area contributed by atoms with E-state index in [4.69, 9.17) is 16.3 Å². The molecule has 1 aliphatic carbocycles. The fourth-order valence-electron chi connectivity index (χ4n) is 4.19. The predicted octanol–water partition coefficient (Wildman–Crippen LogP) is 6.14. The summed E-state index contributed by atoms with van der Waals surface area (Å²) in [5.41, 5.74) is 8.52. The molecule has 0 radical (unpaired) electrons. The third kappa shape index (κ3) is 6.35. The molecule has 0 saturated heterocycles. The summed E-state index contributed by atoms with van der Waals surface area (Å²) in [6.07, 6.45) is 12.4. The Morgan fingerprint density at radius 2 is 2.00 bits per heavy atom. The van der Waals surface area contributed by atoms with E-state index in [1.54, 1.807) is 7.11 Å². The summed E-state index contributed by atoms with van der Waals surface area (Å²) >= 11 is 0. The van der Waals surface area contributed by atoms with Crippen molar-refractivity contribution < 1.29 is 9.53 Å². The van der Waals surface area contributed by atoms with Gasteiger partial charge in [-0.1, -0.05) is 30.6 Å². The van der Waals surface area contributed by atoms with Gasteiger partial charge in [-0.2, -0.15) is 5.10 Å². The number of ether oxygens (including phenoxy) is 1. The van der Waals surface area contributed by atoms with Crippen LogP contribution in [-0.2, 0) is 22.5 Å². The van der Waals surface area contributed by atoms with E-state index in [1.807, 2.05) is 17.7 Å². The summed E-state index contributed by atoms with van der Waals surface area (Å²) < 4.78 is 7.06. The minimum atomic E-state index is 0.0688. The maximum absolute atomic E-state index is 13.0. The van der Waals surface area contributed by atoms with Crippen LogP contribution in [0.3, 0.4) is 0 Å². The lowest BCUT2D eigenvalue weighted by Gasteiger charge is -2.15. The second kappa shape index (κ2) is 11.7. The van der Waals surface area contributed by atoms with Crippen molar-refractivity contribution in [2.45, 2.75) is 72.8 Å². The third-order valence-corrected chi connectivity index (χ3v) is 6.42. The number of ketones is 1. The van der Waals surface area contributed by atoms with E-state index in [0.29, 0.717) is 12.3 Å². The lowest BCUT2D eigenvalue weighted by atomic mass is 9.93. The molecule has 0 saturated carbocycles. The van der Waals surface area contributed by atoms with Crippen LogP contribution in [0.1, 0.15) is 62.8 Å². The topological polar surface area (TPSA) is 56.5 Å². The number of benzene rings is 1. The van der Waals surface area contributed by atoms with Gasteiger partial charge in [-0.25, -0.2) is 4.99 Å². The fourth-order valence-corrected chi connectivity index (χ4v) is 4.19. The van der Waals surface area contributed by atoms with Gasteiger partial charge in [0.05, 0.1) is 18.5 Å². The molecule has 1 heterocycles. The monoisotopic (exact) mass is 457 g/mol. The summed E-state index contributed by atoms with van der Waals surface area (Å²) in [7, 11) is 1.60. The molecule has 5 heteroatoms. The van der Waals surface area contributed by atoms with Crippen LogP contribution < -0.4 is 0 Å². The van der Waals surface area contributed by atoms with Gasteiger partial charge < -0.3 is 4.74 Å². The van der Waals surface area contributed by atoms with Gasteiger partial charge in [-0.15, -0.1) is 6.42 Å². The van der Waals surface area contributed by atoms with Gasteiger partial charge in [0.25, 0.3) is 0 Å². The average molecular weight is 458 g/mol. The summed E-state index contributed by atoms with van der Waals surface area (Å²) in [4.78, 5) is 17.5. The number of aliphatic imine (C=N–C) groups is 1. The molecule has 2 aromatic rings. The molecule has 0 unspecified atom stereocenters. The largest absolute Gasteiger partial charge is 0.484 e. The Kier molecular flexibility index (Phi) is 8.65. The molecular formula is C29H35N3O2. The van der Waals surface area contributed by atoms with E-state index in [-0.39, 0.29) is 12.3 Å². The molecule has 0 spiro atoms. The van der Waals surface area contributed by atoms with Gasteiger partial charge in [-0.3, -0.25) is 9.48 Å². The van der Waals surface area contributed by atoms with Crippen LogP contribution >= 0.6 is 0 Å². The average Bonchev–Trinajstić information content (AvgIpc) is 3.22. The molecule has 5 nitrogen and oxygen atoms in total. The van der Waals surface area contributed by atoms with Gasteiger partial charge in [0.2, 0.25) is 0 Å². The Hall–Kier alpha value is -3.39. The van der Waals surface area contributed by atoms with Crippen molar-refractivity contribution in [1.29, 1.82) is 0 Å². The molecule has 178 valence electrons. The van der Waals surface area contributed by atoms with Crippen molar-refractivity contribution >= 4 is 11.7 Å². The van der Waals surface area contributed by atoms with E-state index in [2.05, 4.69) is 55.9 Å². The zero-order valence-corrected chi connectivity index (χ0v) is 21.1. The van der Waals surface area contributed by atoms with Crippen molar-refractivity contribution in [3.63, 3.8) is 0 Å². The van der Waals surface area contributed by atoms with Gasteiger partial charge in [0, 0.05) is 23.8 Å². The van der Waals surface area contributed by atoms with E-state index < -0.39 is 0 Å². The van der Waals surface area contributed by atoms with E-state index in [0.717, 1.165) is 65.9 Å². The first-order chi connectivity index (χ1) is 16.3. The van der Waals surface area contributed by atoms with Crippen molar-refractivity contribution in [2.24, 2.45) is 4.99 Å². The Labute approximate surface area is 203 Å². The van der Waals surface area contributed by atoms with Crippen molar-refractivity contribution in [2.75, 3.05) is 7.11 Å². The molecule has 0 amide bonds. The highest BCUT2D eigenvalue weighted by molar-refractivity contribution is 5.90. The van der Waals surface area contributed by atoms with Crippen molar-refractivity contribution in [3.8, 4) is 23.6 Å². The highest BCUT2D eigenvalue weighted by Gasteiger charge is 2.15. The smallest absolute Gasteiger partial charge is 0.184 e. The number of allylic oxidation sites excluding steroid dienone is 4. The van der Waals surface area contributed by atoms with Gasteiger partial charge in [-0.05, 0) is 81.7 Å². The maximum Gasteiger partial charge on any atom is 0.184 e. The Balaban J connectivity index is 1.76. The van der Waals surface area contributed by atoms with Gasteiger partial charge in [0.15, 0.2) is 11.7 Å². The summed E-state index contributed by atoms with van der Waals surface area (Å²) in [6.45, 7) is 8.37. The van der Waals surface area contributed by atoms with Crippen LogP contribution in [0.15, 0.2) is 52.2 Å². The number of aromatic nitrogens is 2. The molecule has 0 N–H and O–H groups in total. The first-order valence-corrected chi connectivity index (χ1v) is 12.0. The SMILES string of the molecule is C#C/C1=C(\N=C(C)OC)CC/C(=C/C(=O)Cn2nc(-c3ccc(C)c(C)c3)cc2CC)CCC1. The molecule has 0 aliphatic heterocycles. The second-order valence-corrected chi connectivity index (χ2v) is 8.86. The van der Waals surface area contributed by atoms with Crippen LogP contribution in [0.5, 0.6) is 0 Å². The predicted molar refractivity (Wildman–Crippen MR) is 139 cm³/mol. The first kappa shape index (κ1) is 25.2. The lowest BCUT2D eigenvalue weighted by Crippen LogP contribution is -2.12. The third-order valence-electron chi connectivity index (χ3n) is 6.42. The van der Waals surface area contributed by atoms with E-state index >= 15 is 0 Å².